The van der Waals surface area contributed by atoms with Crippen LogP contribution in [0.5, 0.6) is 0 Å². The maximum absolute atomic E-state index is 12.2. The molecule has 9 rings (SSSR count). The lowest BCUT2D eigenvalue weighted by Gasteiger charge is -2.70. The molecule has 3 saturated carbocycles. The van der Waals surface area contributed by atoms with Crippen molar-refractivity contribution < 1.29 is 109 Å². The lowest BCUT2D eigenvalue weighted by molar-refractivity contribution is -0.402. The van der Waals surface area contributed by atoms with Crippen molar-refractivity contribution in [3.05, 3.63) is 23.3 Å². The van der Waals surface area contributed by atoms with Crippen LogP contribution in [0.25, 0.3) is 0 Å². The number of allylic oxidation sites excluding steroid dienone is 3. The standard InChI is InChI=1S/C54H88O22/c1-23-33(60)36(63)39(66)45(69-23)74-42-28(20-56)72-47(41(68)38(42)65)75-43-34(61)24(2)70-48(44(43)76-46-40(67)37(64)35(62)27(19-55)71-46)73-32-12-13-50(5)29(51(32,6)21-57)11-14-52(7)30(50)10-9-25-26-17-49(3,4)15-16-54(26,22-58)31(59)18-53(25,52)8/h9-10,23-24,27-48,55-68H,11-22H2,1-8H3/t23-,24-,27-,28-,29-,30-,31+,32+,33-,34+,35-,36+,37+,38-,39+,40-,41-,42-,43+,44-,45-,46+,47+,48+,50+,51+,52-,53-,54-/m1/s1. The largest absolute Gasteiger partial charge is 0.396 e. The van der Waals surface area contributed by atoms with Gasteiger partial charge in [-0.1, -0.05) is 59.3 Å². The molecule has 436 valence electrons. The van der Waals surface area contributed by atoms with Crippen LogP contribution < -0.4 is 0 Å². The Hall–Kier alpha value is -1.40. The highest BCUT2D eigenvalue weighted by atomic mass is 16.8. The van der Waals surface area contributed by atoms with Crippen LogP contribution >= 0.6 is 0 Å². The third kappa shape index (κ3) is 9.34. The minimum Gasteiger partial charge on any atom is -0.396 e. The van der Waals surface area contributed by atoms with E-state index >= 15 is 0 Å². The third-order valence-electron chi connectivity index (χ3n) is 21.0. The van der Waals surface area contributed by atoms with Gasteiger partial charge in [0.2, 0.25) is 0 Å². The van der Waals surface area contributed by atoms with Crippen molar-refractivity contribution in [1.82, 2.24) is 0 Å². The van der Waals surface area contributed by atoms with Crippen LogP contribution in [0.4, 0.5) is 0 Å². The molecule has 22 heteroatoms. The Morgan fingerprint density at radius 1 is 0.539 bits per heavy atom. The molecule has 14 N–H and O–H groups in total. The molecule has 7 fully saturated rings. The van der Waals surface area contributed by atoms with Gasteiger partial charge < -0.3 is 109 Å². The second-order valence-electron chi connectivity index (χ2n) is 25.9. The number of hydrogen-bond acceptors (Lipinski definition) is 22. The summed E-state index contributed by atoms with van der Waals surface area (Å²) < 4.78 is 49.2. The molecule has 0 aromatic carbocycles. The maximum atomic E-state index is 12.2. The number of hydrogen-bond donors (Lipinski definition) is 14. The van der Waals surface area contributed by atoms with Crippen LogP contribution in [0.1, 0.15) is 107 Å². The molecule has 0 bridgehead atoms. The van der Waals surface area contributed by atoms with E-state index in [1.54, 1.807) is 0 Å². The van der Waals surface area contributed by atoms with Gasteiger partial charge in [-0.3, -0.25) is 0 Å². The highest BCUT2D eigenvalue weighted by molar-refractivity contribution is 5.47. The molecule has 0 radical (unpaired) electrons. The van der Waals surface area contributed by atoms with Crippen LogP contribution in [0.2, 0.25) is 0 Å². The van der Waals surface area contributed by atoms with Gasteiger partial charge >= 0.3 is 0 Å². The van der Waals surface area contributed by atoms with E-state index in [4.69, 9.17) is 37.9 Å². The maximum Gasteiger partial charge on any atom is 0.187 e. The minimum atomic E-state index is -2.02. The van der Waals surface area contributed by atoms with Gasteiger partial charge in [0.25, 0.3) is 0 Å². The first-order valence-electron chi connectivity index (χ1n) is 27.5. The van der Waals surface area contributed by atoms with Crippen LogP contribution in [0, 0.1) is 44.3 Å². The van der Waals surface area contributed by atoms with Gasteiger partial charge in [-0.2, -0.15) is 0 Å². The molecule has 9 aliphatic rings. The first kappa shape index (κ1) is 59.2. The molecule has 4 heterocycles. The first-order chi connectivity index (χ1) is 35.6. The number of aliphatic hydroxyl groups is 14. The zero-order valence-corrected chi connectivity index (χ0v) is 45.0. The first-order valence-corrected chi connectivity index (χ1v) is 27.5. The Morgan fingerprint density at radius 2 is 1.11 bits per heavy atom. The van der Waals surface area contributed by atoms with Gasteiger partial charge in [0.05, 0.1) is 50.8 Å². The van der Waals surface area contributed by atoms with Crippen LogP contribution in [0.3, 0.4) is 0 Å². The predicted molar refractivity (Wildman–Crippen MR) is 263 cm³/mol. The van der Waals surface area contributed by atoms with Gasteiger partial charge in [-0.25, -0.2) is 0 Å². The molecule has 0 amide bonds. The smallest absolute Gasteiger partial charge is 0.187 e. The summed E-state index contributed by atoms with van der Waals surface area (Å²) in [5.74, 6) is -0.152. The van der Waals surface area contributed by atoms with Crippen LogP contribution in [-0.2, 0) is 37.9 Å². The van der Waals surface area contributed by atoms with E-state index in [1.807, 2.05) is 6.92 Å². The average Bonchev–Trinajstić information content (AvgIpc) is 3.58. The lowest BCUT2D eigenvalue weighted by atomic mass is 9.35. The van der Waals surface area contributed by atoms with E-state index in [0.717, 1.165) is 19.3 Å². The topological polar surface area (TPSA) is 357 Å². The van der Waals surface area contributed by atoms with E-state index in [-0.39, 0.29) is 35.9 Å². The normalized spacial score (nSPS) is 55.3. The molecule has 0 spiro atoms. The summed E-state index contributed by atoms with van der Waals surface area (Å²) in [5.41, 5.74) is -0.424. The Morgan fingerprint density at radius 3 is 1.74 bits per heavy atom. The van der Waals surface area contributed by atoms with Crippen molar-refractivity contribution in [3.63, 3.8) is 0 Å². The second-order valence-corrected chi connectivity index (χ2v) is 25.9. The van der Waals surface area contributed by atoms with Crippen LogP contribution in [0.15, 0.2) is 23.3 Å². The molecule has 5 aliphatic carbocycles. The van der Waals surface area contributed by atoms with Crippen molar-refractivity contribution in [1.29, 1.82) is 0 Å². The molecule has 29 atom stereocenters. The molecule has 0 unspecified atom stereocenters. The SMILES string of the molecule is C[C@H]1O[C@@H](O[C@H]2CC[C@@]3(C)[C@@H](CC[C@]4(C)[C@@H]3C=CC3=C5CC(C)(C)CC[C@]5(CO)[C@@H](O)C[C@]34C)[C@]2(C)CO)[C@H](O[C@@H]2O[C@H](CO)[C@@H](O)[C@H](O)[C@H]2O)[C@@H](O[C@@H]2O[C@H](CO)[C@@H](O[C@H]3O[C@H](C)[C@@H](O)[C@H](O)[C@@H]3O)[C@H](O)[C@H]2O)[C@H]1O. The minimum absolute atomic E-state index is 0.000158. The van der Waals surface area contributed by atoms with E-state index in [1.165, 1.54) is 25.0 Å². The molecule has 4 saturated heterocycles. The van der Waals surface area contributed by atoms with Gasteiger partial charge in [-0.05, 0) is 98.9 Å². The highest BCUT2D eigenvalue weighted by Crippen LogP contribution is 2.74. The number of rotatable bonds is 12. The van der Waals surface area contributed by atoms with E-state index in [9.17, 15) is 71.5 Å². The van der Waals surface area contributed by atoms with Crippen molar-refractivity contribution >= 4 is 0 Å². The summed E-state index contributed by atoms with van der Waals surface area (Å²) in [5, 5.41) is 155. The quantitative estimate of drug-likeness (QED) is 0.0975. The molecule has 22 nitrogen and oxygen atoms in total. The molecule has 4 aliphatic heterocycles. The van der Waals surface area contributed by atoms with E-state index in [0.29, 0.717) is 32.1 Å². The van der Waals surface area contributed by atoms with Gasteiger partial charge in [0.1, 0.15) is 85.5 Å². The second kappa shape index (κ2) is 21.4. The number of aliphatic hydroxyl groups excluding tert-OH is 14. The molecular formula is C54H88O22. The summed E-state index contributed by atoms with van der Waals surface area (Å²) in [7, 11) is 0. The zero-order valence-electron chi connectivity index (χ0n) is 45.0. The third-order valence-corrected chi connectivity index (χ3v) is 21.0. The Kier molecular flexibility index (Phi) is 16.7. The zero-order chi connectivity index (χ0) is 55.6. The van der Waals surface area contributed by atoms with Crippen molar-refractivity contribution in [2.75, 3.05) is 26.4 Å². The van der Waals surface area contributed by atoms with Crippen LogP contribution in [-0.4, -0.2) is 233 Å². The average molecular weight is 1090 g/mol. The molecular weight excluding hydrogens is 1000 g/mol. The van der Waals surface area contributed by atoms with Gasteiger partial charge in [0.15, 0.2) is 25.2 Å². The molecule has 76 heavy (non-hydrogen) atoms. The van der Waals surface area contributed by atoms with Crippen molar-refractivity contribution in [2.45, 2.75) is 242 Å². The summed E-state index contributed by atoms with van der Waals surface area (Å²) in [6.07, 6.45) is -24.7. The fourth-order valence-electron chi connectivity index (χ4n) is 15.9. The predicted octanol–water partition coefficient (Wildman–Crippen LogP) is -1.64. The Labute approximate surface area is 444 Å². The summed E-state index contributed by atoms with van der Waals surface area (Å²) in [6, 6.07) is 0. The summed E-state index contributed by atoms with van der Waals surface area (Å²) >= 11 is 0. The highest BCUT2D eigenvalue weighted by Gasteiger charge is 2.69. The van der Waals surface area contributed by atoms with E-state index < -0.39 is 170 Å². The number of ether oxygens (including phenoxy) is 8. The summed E-state index contributed by atoms with van der Waals surface area (Å²) in [6.45, 7) is 14.2. The Bertz CT molecular complexity index is 2110. The lowest BCUT2D eigenvalue weighted by Crippen LogP contribution is -2.68. The fourth-order valence-corrected chi connectivity index (χ4v) is 15.9. The van der Waals surface area contributed by atoms with Crippen molar-refractivity contribution in [2.24, 2.45) is 44.3 Å². The molecule has 0 aromatic rings. The fraction of sp³-hybridized carbons (Fsp3) is 0.926. The van der Waals surface area contributed by atoms with Gasteiger partial charge in [-0.15, -0.1) is 0 Å². The molecule has 0 aromatic heterocycles. The Balaban J connectivity index is 1.01. The number of fused-ring (bicyclic) bond motifs is 6. The van der Waals surface area contributed by atoms with Gasteiger partial charge in [0, 0.05) is 16.2 Å². The summed E-state index contributed by atoms with van der Waals surface area (Å²) in [4.78, 5) is 0. The van der Waals surface area contributed by atoms with E-state index in [2.05, 4.69) is 46.8 Å². The monoisotopic (exact) mass is 1090 g/mol. The van der Waals surface area contributed by atoms with Crippen molar-refractivity contribution in [3.8, 4) is 0 Å².